The normalized spacial score (nSPS) is 16.2. The lowest BCUT2D eigenvalue weighted by molar-refractivity contribution is -0.126. The second kappa shape index (κ2) is 10.8. The average molecular weight is 602 g/mol. The molecule has 0 saturated carbocycles. The number of piperazine rings is 1. The molecule has 4 aromatic rings. The fourth-order valence-corrected chi connectivity index (χ4v) is 6.61. The van der Waals surface area contributed by atoms with Crippen LogP contribution in [0.25, 0.3) is 27.7 Å². The van der Waals surface area contributed by atoms with Crippen LogP contribution in [-0.2, 0) is 11.3 Å². The number of pyridine rings is 2. The number of benzene rings is 1. The Morgan fingerprint density at radius 1 is 1.21 bits per heavy atom. The summed E-state index contributed by atoms with van der Waals surface area (Å²) in [4.78, 5) is 44.2. The molecule has 1 amide bonds. The third-order valence-corrected chi connectivity index (χ3v) is 8.69. The summed E-state index contributed by atoms with van der Waals surface area (Å²) in [6.45, 7) is 14.9. The molecule has 222 valence electrons. The molecule has 9 nitrogen and oxygen atoms in total. The molecule has 0 bridgehead atoms. The Labute approximate surface area is 254 Å². The van der Waals surface area contributed by atoms with Crippen molar-refractivity contribution in [2.45, 2.75) is 53.1 Å². The summed E-state index contributed by atoms with van der Waals surface area (Å²) in [7, 11) is 0. The number of carbonyl (C=O) groups is 1. The molecular formula is C32H33ClFN7O2. The molecule has 6 rings (SSSR count). The summed E-state index contributed by atoms with van der Waals surface area (Å²) in [5.41, 5.74) is 4.22. The molecule has 43 heavy (non-hydrogen) atoms. The van der Waals surface area contributed by atoms with Gasteiger partial charge >= 0.3 is 5.69 Å². The first-order valence-corrected chi connectivity index (χ1v) is 14.7. The maximum Gasteiger partial charge on any atom is 0.354 e. The smallest absolute Gasteiger partial charge is 0.354 e. The van der Waals surface area contributed by atoms with Crippen LogP contribution in [0.2, 0.25) is 5.02 Å². The van der Waals surface area contributed by atoms with Crippen LogP contribution in [0, 0.1) is 19.7 Å². The van der Waals surface area contributed by atoms with E-state index in [1.54, 1.807) is 28.7 Å². The Morgan fingerprint density at radius 2 is 1.98 bits per heavy atom. The molecule has 11 heteroatoms. The highest BCUT2D eigenvalue weighted by molar-refractivity contribution is 6.35. The highest BCUT2D eigenvalue weighted by Gasteiger charge is 2.33. The SMILES string of the molecule is C=CC(=O)N1CCN(c2nc(=O)n(-c3c(C)ccnc3C(C)C)c3c4c(c(Cl)cc23)-c2c(ncc(C)c2F)NC4)[C@@H](C)C1. The highest BCUT2D eigenvalue weighted by Crippen LogP contribution is 2.46. The van der Waals surface area contributed by atoms with E-state index in [4.69, 9.17) is 11.6 Å². The first-order valence-electron chi connectivity index (χ1n) is 14.3. The molecule has 0 radical (unpaired) electrons. The Kier molecular flexibility index (Phi) is 7.20. The molecule has 0 spiro atoms. The standard InChI is InChI=1S/C32H33ClFN7O2/c1-7-23(42)39-10-11-40(19(6)15-39)31-20-12-22(33)24-21(14-37-30-25(24)26(34)18(5)13-36-30)29(20)41(32(43)38-31)28-17(4)8-9-35-27(28)16(2)3/h7-9,12-13,16,19H,1,10-11,14-15H2,2-6H3,(H,36,37)/t19-/m0/s1. The number of aryl methyl sites for hydroxylation is 2. The van der Waals surface area contributed by atoms with E-state index in [2.05, 4.69) is 26.8 Å². The Hall–Kier alpha value is -4.31. The summed E-state index contributed by atoms with van der Waals surface area (Å²) >= 11 is 7.02. The quantitative estimate of drug-likeness (QED) is 0.308. The van der Waals surface area contributed by atoms with Gasteiger partial charge in [0.25, 0.3) is 0 Å². The van der Waals surface area contributed by atoms with Crippen LogP contribution in [0.4, 0.5) is 16.0 Å². The maximum atomic E-state index is 15.8. The van der Waals surface area contributed by atoms with Crippen molar-refractivity contribution < 1.29 is 9.18 Å². The number of rotatable bonds is 4. The number of fused-ring (bicyclic) bond motifs is 5. The van der Waals surface area contributed by atoms with Crippen LogP contribution in [0.15, 0.2) is 42.0 Å². The average Bonchev–Trinajstić information content (AvgIpc) is 2.98. The predicted octanol–water partition coefficient (Wildman–Crippen LogP) is 5.52. The minimum absolute atomic E-state index is 0.0123. The number of hydrogen-bond acceptors (Lipinski definition) is 7. The molecule has 0 unspecified atom stereocenters. The maximum absolute atomic E-state index is 15.8. The van der Waals surface area contributed by atoms with Gasteiger partial charge in [0.15, 0.2) is 0 Å². The van der Waals surface area contributed by atoms with Gasteiger partial charge in [0.1, 0.15) is 17.5 Å². The molecule has 1 N–H and O–H groups in total. The second-order valence-corrected chi connectivity index (χ2v) is 11.9. The van der Waals surface area contributed by atoms with Crippen molar-refractivity contribution >= 4 is 40.0 Å². The number of amides is 1. The molecule has 1 atom stereocenters. The Balaban J connectivity index is 1.71. The zero-order valence-corrected chi connectivity index (χ0v) is 25.6. The van der Waals surface area contributed by atoms with Gasteiger partial charge in [0.2, 0.25) is 5.91 Å². The topological polar surface area (TPSA) is 96.3 Å². The fourth-order valence-electron chi connectivity index (χ4n) is 6.29. The summed E-state index contributed by atoms with van der Waals surface area (Å²) in [5.74, 6) is 0.330. The first kappa shape index (κ1) is 28.8. The van der Waals surface area contributed by atoms with E-state index in [0.29, 0.717) is 69.6 Å². The van der Waals surface area contributed by atoms with Crippen molar-refractivity contribution in [1.29, 1.82) is 0 Å². The molecule has 3 aromatic heterocycles. The summed E-state index contributed by atoms with van der Waals surface area (Å²) in [5, 5.41) is 4.25. The minimum atomic E-state index is -0.476. The molecule has 2 aliphatic rings. The van der Waals surface area contributed by atoms with E-state index < -0.39 is 11.5 Å². The van der Waals surface area contributed by atoms with Crippen LogP contribution < -0.4 is 15.9 Å². The van der Waals surface area contributed by atoms with Crippen LogP contribution in [0.3, 0.4) is 0 Å². The minimum Gasteiger partial charge on any atom is -0.365 e. The summed E-state index contributed by atoms with van der Waals surface area (Å²) in [6, 6.07) is 3.50. The van der Waals surface area contributed by atoms with Gasteiger partial charge < -0.3 is 15.1 Å². The van der Waals surface area contributed by atoms with E-state index in [1.165, 1.54) is 12.3 Å². The predicted molar refractivity (Wildman–Crippen MR) is 168 cm³/mol. The number of anilines is 2. The first-order chi connectivity index (χ1) is 20.5. The lowest BCUT2D eigenvalue weighted by Crippen LogP contribution is -2.54. The molecule has 1 aromatic carbocycles. The van der Waals surface area contributed by atoms with E-state index >= 15 is 4.39 Å². The molecule has 2 aliphatic heterocycles. The number of nitrogens with zero attached hydrogens (tertiary/aromatic N) is 6. The molecule has 1 saturated heterocycles. The van der Waals surface area contributed by atoms with Crippen molar-refractivity contribution in [3.05, 3.63) is 80.9 Å². The number of hydrogen-bond donors (Lipinski definition) is 1. The van der Waals surface area contributed by atoms with Crippen LogP contribution in [0.1, 0.15) is 49.1 Å². The number of nitrogens with one attached hydrogen (secondary N) is 1. The van der Waals surface area contributed by atoms with Gasteiger partial charge in [-0.3, -0.25) is 14.3 Å². The van der Waals surface area contributed by atoms with E-state index in [9.17, 15) is 9.59 Å². The lowest BCUT2D eigenvalue weighted by atomic mass is 9.92. The number of halogens is 2. The van der Waals surface area contributed by atoms with Gasteiger partial charge in [-0.15, -0.1) is 0 Å². The van der Waals surface area contributed by atoms with Gasteiger partial charge in [0.05, 0.1) is 22.5 Å². The van der Waals surface area contributed by atoms with Crippen LogP contribution >= 0.6 is 11.6 Å². The summed E-state index contributed by atoms with van der Waals surface area (Å²) in [6.07, 6.45) is 4.54. The zero-order valence-electron chi connectivity index (χ0n) is 24.8. The van der Waals surface area contributed by atoms with Gasteiger partial charge in [-0.1, -0.05) is 32.0 Å². The molecule has 5 heterocycles. The van der Waals surface area contributed by atoms with Gasteiger partial charge in [-0.05, 0) is 50.5 Å². The van der Waals surface area contributed by atoms with Crippen molar-refractivity contribution in [2.24, 2.45) is 0 Å². The number of aromatic nitrogens is 4. The molecule has 1 fully saturated rings. The van der Waals surface area contributed by atoms with Crippen molar-refractivity contribution in [3.8, 4) is 16.8 Å². The van der Waals surface area contributed by atoms with Crippen LogP contribution in [-0.4, -0.2) is 56.0 Å². The van der Waals surface area contributed by atoms with Crippen molar-refractivity contribution in [3.63, 3.8) is 0 Å². The van der Waals surface area contributed by atoms with E-state index in [-0.39, 0.29) is 30.0 Å². The Morgan fingerprint density at radius 3 is 2.67 bits per heavy atom. The summed E-state index contributed by atoms with van der Waals surface area (Å²) < 4.78 is 17.4. The largest absolute Gasteiger partial charge is 0.365 e. The van der Waals surface area contributed by atoms with E-state index in [0.717, 1.165) is 11.3 Å². The van der Waals surface area contributed by atoms with E-state index in [1.807, 2.05) is 38.7 Å². The Bertz CT molecular complexity index is 1890. The van der Waals surface area contributed by atoms with Gasteiger partial charge in [0, 0.05) is 71.7 Å². The van der Waals surface area contributed by atoms with Crippen LogP contribution in [0.5, 0.6) is 0 Å². The third-order valence-electron chi connectivity index (χ3n) is 8.39. The fraction of sp³-hybridized carbons (Fsp3) is 0.344. The lowest BCUT2D eigenvalue weighted by Gasteiger charge is -2.40. The molecule has 0 aliphatic carbocycles. The zero-order chi connectivity index (χ0) is 30.7. The second-order valence-electron chi connectivity index (χ2n) is 11.5. The van der Waals surface area contributed by atoms with Crippen molar-refractivity contribution in [1.82, 2.24) is 24.4 Å². The van der Waals surface area contributed by atoms with Gasteiger partial charge in [-0.25, -0.2) is 14.2 Å². The highest BCUT2D eigenvalue weighted by atomic mass is 35.5. The monoisotopic (exact) mass is 601 g/mol. The van der Waals surface area contributed by atoms with Gasteiger partial charge in [-0.2, -0.15) is 4.98 Å². The van der Waals surface area contributed by atoms with Crippen molar-refractivity contribution in [2.75, 3.05) is 29.9 Å². The molecular weight excluding hydrogens is 569 g/mol. The number of carbonyl (C=O) groups excluding carboxylic acids is 1. The third kappa shape index (κ3) is 4.55.